The van der Waals surface area contributed by atoms with E-state index in [1.54, 1.807) is 24.4 Å². The second-order valence-corrected chi connectivity index (χ2v) is 7.31. The normalized spacial score (nSPS) is 16.4. The molecule has 1 amide bonds. The maximum Gasteiger partial charge on any atom is 0.270 e. The molecule has 1 aliphatic heterocycles. The molecular weight excluding hydrogens is 368 g/mol. The molecule has 1 N–H and O–H groups in total. The van der Waals surface area contributed by atoms with Gasteiger partial charge in [-0.2, -0.15) is 4.98 Å². The van der Waals surface area contributed by atoms with Gasteiger partial charge in [-0.3, -0.25) is 9.78 Å². The van der Waals surface area contributed by atoms with Crippen molar-refractivity contribution < 1.29 is 9.32 Å². The van der Waals surface area contributed by atoms with Crippen molar-refractivity contribution in [2.24, 2.45) is 0 Å². The van der Waals surface area contributed by atoms with Crippen molar-refractivity contribution in [3.8, 4) is 11.4 Å². The van der Waals surface area contributed by atoms with Gasteiger partial charge in [-0.15, -0.1) is 0 Å². The van der Waals surface area contributed by atoms with Crippen LogP contribution in [0, 0.1) is 0 Å². The van der Waals surface area contributed by atoms with Gasteiger partial charge in [0, 0.05) is 36.6 Å². The number of anilines is 1. The van der Waals surface area contributed by atoms with Crippen LogP contribution in [0.25, 0.3) is 11.4 Å². The fourth-order valence-electron chi connectivity index (χ4n) is 3.41. The molecule has 4 rings (SSSR count). The Morgan fingerprint density at radius 2 is 2.07 bits per heavy atom. The quantitative estimate of drug-likeness (QED) is 0.688. The number of likely N-dealkylation sites (N-methyl/N-ethyl adjacent to an activating group) is 1. The summed E-state index contributed by atoms with van der Waals surface area (Å²) in [4.78, 5) is 25.1. The molecule has 150 valence electrons. The van der Waals surface area contributed by atoms with E-state index >= 15 is 0 Å². The van der Waals surface area contributed by atoms with Crippen molar-refractivity contribution in [1.82, 2.24) is 25.3 Å². The summed E-state index contributed by atoms with van der Waals surface area (Å²) in [5.41, 5.74) is 2.42. The number of nitrogens with one attached hydrogen (secondary N) is 1. The van der Waals surface area contributed by atoms with Crippen LogP contribution in [0.1, 0.15) is 22.8 Å². The van der Waals surface area contributed by atoms with Crippen LogP contribution >= 0.6 is 0 Å². The Labute approximate surface area is 169 Å². The van der Waals surface area contributed by atoms with Crippen LogP contribution in [-0.4, -0.2) is 59.2 Å². The highest BCUT2D eigenvalue weighted by Gasteiger charge is 2.24. The van der Waals surface area contributed by atoms with Gasteiger partial charge < -0.3 is 19.6 Å². The lowest BCUT2D eigenvalue weighted by Gasteiger charge is -2.21. The smallest absolute Gasteiger partial charge is 0.270 e. The number of pyridine rings is 1. The predicted molar refractivity (Wildman–Crippen MR) is 109 cm³/mol. The van der Waals surface area contributed by atoms with Crippen LogP contribution in [0.3, 0.4) is 0 Å². The third-order valence-electron chi connectivity index (χ3n) is 5.15. The highest BCUT2D eigenvalue weighted by Crippen LogP contribution is 2.25. The van der Waals surface area contributed by atoms with E-state index in [2.05, 4.69) is 56.5 Å². The van der Waals surface area contributed by atoms with E-state index in [0.29, 0.717) is 23.5 Å². The Kier molecular flexibility index (Phi) is 5.53. The van der Waals surface area contributed by atoms with E-state index in [1.165, 1.54) is 12.1 Å². The minimum atomic E-state index is -0.281. The predicted octanol–water partition coefficient (Wildman–Crippen LogP) is 2.20. The molecule has 0 bridgehead atoms. The molecule has 1 unspecified atom stereocenters. The number of hydrogen-bond donors (Lipinski definition) is 1. The molecule has 3 heterocycles. The third kappa shape index (κ3) is 4.43. The van der Waals surface area contributed by atoms with Crippen molar-refractivity contribution in [3.05, 3.63) is 60.2 Å². The Bertz CT molecular complexity index is 955. The first-order valence-electron chi connectivity index (χ1n) is 9.64. The molecule has 2 aromatic heterocycles. The van der Waals surface area contributed by atoms with Gasteiger partial charge in [-0.1, -0.05) is 11.2 Å². The summed E-state index contributed by atoms with van der Waals surface area (Å²) >= 11 is 0. The van der Waals surface area contributed by atoms with Crippen LogP contribution in [0.5, 0.6) is 0 Å². The maximum absolute atomic E-state index is 12.1. The molecule has 0 spiro atoms. The van der Waals surface area contributed by atoms with Crippen LogP contribution < -0.4 is 10.2 Å². The van der Waals surface area contributed by atoms with Crippen LogP contribution in [0.2, 0.25) is 0 Å². The summed E-state index contributed by atoms with van der Waals surface area (Å²) in [5.74, 6) is 0.573. The maximum atomic E-state index is 12.1. The SMILES string of the molecule is CN(C)C1CCN(c2ccc(-c3noc(CNC(=O)c4ccccn4)n3)cc2)C1. The highest BCUT2D eigenvalue weighted by atomic mass is 16.5. The first-order chi connectivity index (χ1) is 14.1. The fraction of sp³-hybridized carbons (Fsp3) is 0.333. The Hall–Kier alpha value is -3.26. The number of aromatic nitrogens is 3. The van der Waals surface area contributed by atoms with E-state index in [0.717, 1.165) is 18.7 Å². The Morgan fingerprint density at radius 3 is 2.76 bits per heavy atom. The molecule has 0 saturated carbocycles. The van der Waals surface area contributed by atoms with E-state index in [-0.39, 0.29) is 12.5 Å². The van der Waals surface area contributed by atoms with Gasteiger partial charge in [0.25, 0.3) is 5.91 Å². The summed E-state index contributed by atoms with van der Waals surface area (Å²) in [7, 11) is 4.26. The van der Waals surface area contributed by atoms with Crippen LogP contribution in [-0.2, 0) is 6.54 Å². The molecule has 3 aromatic rings. The third-order valence-corrected chi connectivity index (χ3v) is 5.15. The lowest BCUT2D eigenvalue weighted by atomic mass is 10.2. The molecule has 0 aliphatic carbocycles. The second-order valence-electron chi connectivity index (χ2n) is 7.31. The van der Waals surface area contributed by atoms with E-state index in [4.69, 9.17) is 4.52 Å². The zero-order valence-corrected chi connectivity index (χ0v) is 16.6. The van der Waals surface area contributed by atoms with Gasteiger partial charge in [0.1, 0.15) is 5.69 Å². The molecule has 0 radical (unpaired) electrons. The molecule has 1 saturated heterocycles. The molecule has 1 aliphatic rings. The summed E-state index contributed by atoms with van der Waals surface area (Å²) in [6, 6.07) is 13.9. The van der Waals surface area contributed by atoms with Gasteiger partial charge in [-0.25, -0.2) is 0 Å². The molecular formula is C21H24N6O2. The first kappa shape index (κ1) is 19.1. The topological polar surface area (TPSA) is 87.4 Å². The summed E-state index contributed by atoms with van der Waals surface area (Å²) in [6.45, 7) is 2.25. The number of benzene rings is 1. The first-order valence-corrected chi connectivity index (χ1v) is 9.64. The highest BCUT2D eigenvalue weighted by molar-refractivity contribution is 5.92. The monoisotopic (exact) mass is 392 g/mol. The summed E-state index contributed by atoms with van der Waals surface area (Å²) < 4.78 is 5.26. The van der Waals surface area contributed by atoms with Gasteiger partial charge >= 0.3 is 0 Å². The number of carbonyl (C=O) groups is 1. The summed E-state index contributed by atoms with van der Waals surface area (Å²) in [5, 5.41) is 6.76. The molecule has 29 heavy (non-hydrogen) atoms. The number of rotatable bonds is 6. The number of hydrogen-bond acceptors (Lipinski definition) is 7. The molecule has 1 atom stereocenters. The van der Waals surface area contributed by atoms with E-state index < -0.39 is 0 Å². The number of nitrogens with zero attached hydrogens (tertiary/aromatic N) is 5. The van der Waals surface area contributed by atoms with Gasteiger partial charge in [0.2, 0.25) is 11.7 Å². The minimum absolute atomic E-state index is 0.153. The van der Waals surface area contributed by atoms with Crippen molar-refractivity contribution >= 4 is 11.6 Å². The number of amides is 1. The van der Waals surface area contributed by atoms with E-state index in [1.807, 2.05) is 12.1 Å². The van der Waals surface area contributed by atoms with Crippen molar-refractivity contribution in [3.63, 3.8) is 0 Å². The molecule has 1 fully saturated rings. The van der Waals surface area contributed by atoms with Crippen molar-refractivity contribution in [1.29, 1.82) is 0 Å². The summed E-state index contributed by atoms with van der Waals surface area (Å²) in [6.07, 6.45) is 2.75. The second kappa shape index (κ2) is 8.40. The number of carbonyl (C=O) groups excluding carboxylic acids is 1. The van der Waals surface area contributed by atoms with Crippen molar-refractivity contribution in [2.75, 3.05) is 32.1 Å². The fourth-order valence-corrected chi connectivity index (χ4v) is 3.41. The minimum Gasteiger partial charge on any atom is -0.370 e. The Balaban J connectivity index is 1.36. The standard InChI is InChI=1S/C21H24N6O2/c1-26(2)17-10-12-27(14-17)16-8-6-15(7-9-16)20-24-19(29-25-20)13-23-21(28)18-5-3-4-11-22-18/h3-9,11,17H,10,12-14H2,1-2H3,(H,23,28). The lowest BCUT2D eigenvalue weighted by Crippen LogP contribution is -2.31. The largest absolute Gasteiger partial charge is 0.370 e. The lowest BCUT2D eigenvalue weighted by molar-refractivity contribution is 0.0941. The van der Waals surface area contributed by atoms with Gasteiger partial charge in [0.05, 0.1) is 6.54 Å². The van der Waals surface area contributed by atoms with Gasteiger partial charge in [0.15, 0.2) is 0 Å². The average Bonchev–Trinajstić information content (AvgIpc) is 3.43. The van der Waals surface area contributed by atoms with Crippen LogP contribution in [0.15, 0.2) is 53.2 Å². The zero-order valence-electron chi connectivity index (χ0n) is 16.6. The van der Waals surface area contributed by atoms with Crippen molar-refractivity contribution in [2.45, 2.75) is 19.0 Å². The molecule has 8 heteroatoms. The molecule has 8 nitrogen and oxygen atoms in total. The van der Waals surface area contributed by atoms with Crippen LogP contribution in [0.4, 0.5) is 5.69 Å². The molecule has 1 aromatic carbocycles. The zero-order chi connectivity index (χ0) is 20.2. The Morgan fingerprint density at radius 1 is 1.24 bits per heavy atom. The van der Waals surface area contributed by atoms with E-state index in [9.17, 15) is 4.79 Å². The average molecular weight is 392 g/mol. The van der Waals surface area contributed by atoms with Gasteiger partial charge in [-0.05, 0) is 56.9 Å².